The monoisotopic (exact) mass is 212 g/mol. The molecule has 0 nitrogen and oxygen atoms in total. The SMILES string of the molecule is CC(C)([SiH3])CC(Cl)c1ccccc1. The Kier molecular flexibility index (Phi) is 3.57. The van der Waals surface area contributed by atoms with E-state index in [1.807, 2.05) is 18.2 Å². The van der Waals surface area contributed by atoms with Crippen LogP contribution in [-0.2, 0) is 0 Å². The second-order valence-corrected chi connectivity index (χ2v) is 7.88. The van der Waals surface area contributed by atoms with Crippen LogP contribution in [0, 0.1) is 0 Å². The van der Waals surface area contributed by atoms with Crippen LogP contribution in [0.4, 0.5) is 0 Å². The van der Waals surface area contributed by atoms with Gasteiger partial charge in [-0.15, -0.1) is 11.6 Å². The number of halogens is 1. The summed E-state index contributed by atoms with van der Waals surface area (Å²) in [6, 6.07) is 10.3. The van der Waals surface area contributed by atoms with Crippen LogP contribution >= 0.6 is 11.6 Å². The number of rotatable bonds is 3. The molecular weight excluding hydrogens is 196 g/mol. The van der Waals surface area contributed by atoms with Crippen molar-refractivity contribution in [3.05, 3.63) is 35.9 Å². The Hall–Kier alpha value is -0.273. The Morgan fingerprint density at radius 2 is 1.85 bits per heavy atom. The van der Waals surface area contributed by atoms with Crippen molar-refractivity contribution in [3.63, 3.8) is 0 Å². The Balaban J connectivity index is 2.64. The predicted molar refractivity (Wildman–Crippen MR) is 63.6 cm³/mol. The summed E-state index contributed by atoms with van der Waals surface area (Å²) in [7, 11) is 1.19. The molecule has 0 radical (unpaired) electrons. The van der Waals surface area contributed by atoms with Crippen LogP contribution in [0.3, 0.4) is 0 Å². The lowest BCUT2D eigenvalue weighted by atomic mass is 10.0. The second kappa shape index (κ2) is 4.29. The molecule has 0 aliphatic rings. The quantitative estimate of drug-likeness (QED) is 0.534. The zero-order valence-electron chi connectivity index (χ0n) is 8.55. The van der Waals surface area contributed by atoms with E-state index < -0.39 is 0 Å². The molecule has 1 rings (SSSR count). The molecule has 0 aliphatic heterocycles. The van der Waals surface area contributed by atoms with Crippen LogP contribution in [0.25, 0.3) is 0 Å². The van der Waals surface area contributed by atoms with Gasteiger partial charge in [-0.3, -0.25) is 0 Å². The first-order valence-electron chi connectivity index (χ1n) is 4.68. The van der Waals surface area contributed by atoms with Gasteiger partial charge in [-0.05, 0) is 17.0 Å². The van der Waals surface area contributed by atoms with Gasteiger partial charge in [0.15, 0.2) is 0 Å². The molecule has 13 heavy (non-hydrogen) atoms. The average molecular weight is 213 g/mol. The third-order valence-corrected chi connectivity index (χ3v) is 2.77. The molecule has 1 unspecified atom stereocenters. The van der Waals surface area contributed by atoms with Gasteiger partial charge < -0.3 is 0 Å². The molecule has 0 aliphatic carbocycles. The highest BCUT2D eigenvalue weighted by atomic mass is 35.5. The van der Waals surface area contributed by atoms with Crippen molar-refractivity contribution in [2.45, 2.75) is 30.7 Å². The van der Waals surface area contributed by atoms with E-state index in [0.717, 1.165) is 6.42 Å². The maximum atomic E-state index is 6.31. The highest BCUT2D eigenvalue weighted by Crippen LogP contribution is 2.36. The van der Waals surface area contributed by atoms with Crippen molar-refractivity contribution in [1.29, 1.82) is 0 Å². The first kappa shape index (κ1) is 10.8. The maximum absolute atomic E-state index is 6.31. The molecule has 1 aromatic rings. The summed E-state index contributed by atoms with van der Waals surface area (Å²) in [5.41, 5.74) is 1.24. The number of alkyl halides is 1. The van der Waals surface area contributed by atoms with Crippen molar-refractivity contribution in [3.8, 4) is 0 Å². The molecule has 72 valence electrons. The Labute approximate surface area is 88.7 Å². The molecule has 1 aromatic carbocycles. The van der Waals surface area contributed by atoms with Crippen LogP contribution in [0.1, 0.15) is 31.2 Å². The molecule has 0 saturated heterocycles. The van der Waals surface area contributed by atoms with E-state index in [4.69, 9.17) is 11.6 Å². The van der Waals surface area contributed by atoms with E-state index in [2.05, 4.69) is 26.0 Å². The highest BCUT2D eigenvalue weighted by molar-refractivity contribution is 6.22. The van der Waals surface area contributed by atoms with Gasteiger partial charge in [0.25, 0.3) is 0 Å². The van der Waals surface area contributed by atoms with E-state index in [1.165, 1.54) is 15.8 Å². The summed E-state index contributed by atoms with van der Waals surface area (Å²) >= 11 is 6.31. The highest BCUT2D eigenvalue weighted by Gasteiger charge is 2.17. The minimum atomic E-state index is 0.175. The normalized spacial score (nSPS) is 14.4. The van der Waals surface area contributed by atoms with E-state index in [9.17, 15) is 0 Å². The van der Waals surface area contributed by atoms with Gasteiger partial charge in [-0.2, -0.15) is 0 Å². The summed E-state index contributed by atoms with van der Waals surface area (Å²) in [6.07, 6.45) is 1.07. The van der Waals surface area contributed by atoms with Crippen molar-refractivity contribution in [1.82, 2.24) is 0 Å². The van der Waals surface area contributed by atoms with Gasteiger partial charge in [0, 0.05) is 10.2 Å². The van der Waals surface area contributed by atoms with Crippen molar-refractivity contribution in [2.24, 2.45) is 0 Å². The lowest BCUT2D eigenvalue weighted by Gasteiger charge is -2.21. The fourth-order valence-electron chi connectivity index (χ4n) is 1.32. The first-order chi connectivity index (χ1) is 5.99. The molecule has 0 aromatic heterocycles. The molecule has 0 bridgehead atoms. The van der Waals surface area contributed by atoms with Crippen LogP contribution in [0.2, 0.25) is 5.04 Å². The summed E-state index contributed by atoms with van der Waals surface area (Å²) < 4.78 is 0. The van der Waals surface area contributed by atoms with Crippen molar-refractivity contribution < 1.29 is 0 Å². The smallest absolute Gasteiger partial charge is 0.0587 e. The Bertz CT molecular complexity index is 251. The largest absolute Gasteiger partial charge is 0.118 e. The molecule has 0 saturated carbocycles. The van der Waals surface area contributed by atoms with Crippen LogP contribution < -0.4 is 0 Å². The molecule has 0 spiro atoms. The van der Waals surface area contributed by atoms with E-state index in [0.29, 0.717) is 5.04 Å². The summed E-state index contributed by atoms with van der Waals surface area (Å²) in [6.45, 7) is 4.55. The van der Waals surface area contributed by atoms with E-state index in [-0.39, 0.29) is 5.38 Å². The summed E-state index contributed by atoms with van der Waals surface area (Å²) in [4.78, 5) is 0. The topological polar surface area (TPSA) is 0 Å². The van der Waals surface area contributed by atoms with Gasteiger partial charge in [0.05, 0.1) is 5.38 Å². The molecule has 0 heterocycles. The second-order valence-electron chi connectivity index (χ2n) is 4.64. The van der Waals surface area contributed by atoms with Gasteiger partial charge in [0.1, 0.15) is 0 Å². The van der Waals surface area contributed by atoms with Crippen molar-refractivity contribution >= 4 is 21.8 Å². The lowest BCUT2D eigenvalue weighted by Crippen LogP contribution is -2.05. The Morgan fingerprint density at radius 1 is 1.31 bits per heavy atom. The number of hydrogen-bond donors (Lipinski definition) is 0. The van der Waals surface area contributed by atoms with Gasteiger partial charge in [0.2, 0.25) is 0 Å². The average Bonchev–Trinajstić information content (AvgIpc) is 2.03. The number of hydrogen-bond acceptors (Lipinski definition) is 0. The van der Waals surface area contributed by atoms with Crippen LogP contribution in [-0.4, -0.2) is 10.2 Å². The van der Waals surface area contributed by atoms with Crippen LogP contribution in [0.15, 0.2) is 30.3 Å². The Morgan fingerprint density at radius 3 is 2.31 bits per heavy atom. The summed E-state index contributed by atoms with van der Waals surface area (Å²) in [5, 5.41) is 0.608. The van der Waals surface area contributed by atoms with Crippen molar-refractivity contribution in [2.75, 3.05) is 0 Å². The van der Waals surface area contributed by atoms with E-state index >= 15 is 0 Å². The molecule has 2 heteroatoms. The first-order valence-corrected chi connectivity index (χ1v) is 6.12. The summed E-state index contributed by atoms with van der Waals surface area (Å²) in [5.74, 6) is 0. The van der Waals surface area contributed by atoms with Gasteiger partial charge in [-0.1, -0.05) is 44.2 Å². The zero-order valence-corrected chi connectivity index (χ0v) is 11.3. The van der Waals surface area contributed by atoms with E-state index in [1.54, 1.807) is 0 Å². The predicted octanol–water partition coefficient (Wildman–Crippen LogP) is 2.92. The fraction of sp³-hybridized carbons (Fsp3) is 0.455. The molecule has 0 fully saturated rings. The zero-order chi connectivity index (χ0) is 9.90. The minimum Gasteiger partial charge on any atom is -0.118 e. The molecule has 0 N–H and O–H groups in total. The van der Waals surface area contributed by atoms with Gasteiger partial charge >= 0.3 is 0 Å². The minimum absolute atomic E-state index is 0.175. The number of benzene rings is 1. The molecular formula is C11H17ClSi. The van der Waals surface area contributed by atoms with Crippen LogP contribution in [0.5, 0.6) is 0 Å². The third-order valence-electron chi connectivity index (χ3n) is 1.95. The standard InChI is InChI=1S/C11H17ClSi/c1-11(2,13)8-10(12)9-6-4-3-5-7-9/h3-7,10H,8H2,1-2,13H3. The molecule has 1 atom stereocenters. The van der Waals surface area contributed by atoms with Gasteiger partial charge in [-0.25, -0.2) is 0 Å². The third kappa shape index (κ3) is 3.97. The fourth-order valence-corrected chi connectivity index (χ4v) is 2.59. The lowest BCUT2D eigenvalue weighted by molar-refractivity contribution is 0.600. The molecule has 0 amide bonds. The maximum Gasteiger partial charge on any atom is 0.0587 e.